The Kier molecular flexibility index (Phi) is 4.48. The molecular weight excluding hydrogens is 354 g/mol. The predicted octanol–water partition coefficient (Wildman–Crippen LogP) is 1.24. The first kappa shape index (κ1) is 17.5. The van der Waals surface area contributed by atoms with Crippen LogP contribution in [0.15, 0.2) is 33.6 Å². The number of sulfonamides is 1. The number of likely N-dealkylation sites (N-methyl/N-ethyl adjacent to an activating group) is 1. The first-order valence-corrected chi connectivity index (χ1v) is 10.5. The van der Waals surface area contributed by atoms with Crippen molar-refractivity contribution < 1.29 is 17.9 Å². The Bertz CT molecular complexity index is 850. The molecule has 0 aromatic heterocycles. The molecule has 1 saturated heterocycles. The number of hydrogen-bond donors (Lipinski definition) is 0. The minimum absolute atomic E-state index is 0.00261. The molecule has 3 aliphatic rings. The van der Waals surface area contributed by atoms with Crippen LogP contribution in [0.25, 0.3) is 0 Å². The van der Waals surface area contributed by atoms with E-state index in [-0.39, 0.29) is 29.5 Å². The molecule has 1 saturated carbocycles. The number of fused-ring (bicyclic) bond motifs is 2. The Morgan fingerprint density at radius 2 is 2.08 bits per heavy atom. The minimum Gasteiger partial charge on any atom is -0.374 e. The van der Waals surface area contributed by atoms with Crippen LogP contribution in [-0.2, 0) is 19.6 Å². The average Bonchev–Trinajstić information content (AvgIpc) is 2.93. The molecule has 26 heavy (non-hydrogen) atoms. The maximum atomic E-state index is 12.9. The van der Waals surface area contributed by atoms with Gasteiger partial charge in [-0.05, 0) is 25.0 Å². The van der Waals surface area contributed by atoms with Crippen LogP contribution in [0, 0.1) is 0 Å². The molecular formula is C18H23N3O4S. The fourth-order valence-corrected chi connectivity index (χ4v) is 5.39. The van der Waals surface area contributed by atoms with E-state index in [0.717, 1.165) is 25.7 Å². The smallest absolute Gasteiger partial charge is 0.285 e. The van der Waals surface area contributed by atoms with Gasteiger partial charge < -0.3 is 14.5 Å². The number of amides is 1. The van der Waals surface area contributed by atoms with Gasteiger partial charge in [-0.1, -0.05) is 25.0 Å². The van der Waals surface area contributed by atoms with Gasteiger partial charge in [0.2, 0.25) is 5.91 Å². The zero-order chi connectivity index (χ0) is 18.3. The number of carbonyl (C=O) groups excluding carboxylic acids is 1. The third-order valence-corrected chi connectivity index (χ3v) is 6.72. The van der Waals surface area contributed by atoms with Crippen LogP contribution < -0.4 is 0 Å². The van der Waals surface area contributed by atoms with E-state index in [9.17, 15) is 13.2 Å². The molecule has 1 aromatic rings. The second-order valence-electron chi connectivity index (χ2n) is 7.09. The van der Waals surface area contributed by atoms with Crippen molar-refractivity contribution in [3.05, 3.63) is 29.8 Å². The lowest BCUT2D eigenvalue weighted by molar-refractivity contribution is -0.149. The maximum Gasteiger partial charge on any atom is 0.285 e. The van der Waals surface area contributed by atoms with E-state index in [2.05, 4.69) is 4.40 Å². The largest absolute Gasteiger partial charge is 0.374 e. The van der Waals surface area contributed by atoms with Gasteiger partial charge in [-0.2, -0.15) is 8.42 Å². The molecule has 1 aliphatic carbocycles. The lowest BCUT2D eigenvalue weighted by Crippen LogP contribution is -2.56. The van der Waals surface area contributed by atoms with E-state index in [0.29, 0.717) is 24.6 Å². The average molecular weight is 377 g/mol. The first-order chi connectivity index (χ1) is 12.5. The van der Waals surface area contributed by atoms with Crippen LogP contribution >= 0.6 is 0 Å². The molecule has 2 heterocycles. The fraction of sp³-hybridized carbons (Fsp3) is 0.556. The summed E-state index contributed by atoms with van der Waals surface area (Å²) in [7, 11) is -1.96. The van der Waals surface area contributed by atoms with Gasteiger partial charge in [0.05, 0.1) is 25.3 Å². The molecule has 0 bridgehead atoms. The molecule has 0 spiro atoms. The molecule has 7 nitrogen and oxygen atoms in total. The van der Waals surface area contributed by atoms with Crippen molar-refractivity contribution in [3.63, 3.8) is 0 Å². The third-order valence-electron chi connectivity index (χ3n) is 5.40. The molecule has 140 valence electrons. The second-order valence-corrected chi connectivity index (χ2v) is 8.66. The molecule has 0 radical (unpaired) electrons. The monoisotopic (exact) mass is 377 g/mol. The normalized spacial score (nSPS) is 26.7. The van der Waals surface area contributed by atoms with Crippen LogP contribution in [-0.4, -0.2) is 68.9 Å². The van der Waals surface area contributed by atoms with Crippen LogP contribution in [0.5, 0.6) is 0 Å². The van der Waals surface area contributed by atoms with Crippen molar-refractivity contribution in [2.45, 2.75) is 42.7 Å². The van der Waals surface area contributed by atoms with E-state index < -0.39 is 10.0 Å². The van der Waals surface area contributed by atoms with Crippen LogP contribution in [0.4, 0.5) is 0 Å². The highest BCUT2D eigenvalue weighted by Gasteiger charge is 2.38. The van der Waals surface area contributed by atoms with Crippen molar-refractivity contribution in [2.75, 3.05) is 26.7 Å². The second kappa shape index (κ2) is 6.66. The van der Waals surface area contributed by atoms with Gasteiger partial charge in [-0.25, -0.2) is 0 Å². The van der Waals surface area contributed by atoms with Crippen LogP contribution in [0.3, 0.4) is 0 Å². The zero-order valence-electron chi connectivity index (χ0n) is 14.8. The van der Waals surface area contributed by atoms with Gasteiger partial charge in [-0.15, -0.1) is 4.40 Å². The fourth-order valence-electron chi connectivity index (χ4n) is 4.14. The quantitative estimate of drug-likeness (QED) is 0.775. The zero-order valence-corrected chi connectivity index (χ0v) is 15.6. The van der Waals surface area contributed by atoms with Crippen molar-refractivity contribution >= 4 is 21.8 Å². The van der Waals surface area contributed by atoms with Gasteiger partial charge in [-0.3, -0.25) is 4.79 Å². The number of rotatable bonds is 2. The SMILES string of the molecule is CN(CC(=O)N1CCOC2CCCCC21)C1=NS(=O)(=O)c2ccccc21. The van der Waals surface area contributed by atoms with Crippen LogP contribution in [0.1, 0.15) is 31.2 Å². The summed E-state index contributed by atoms with van der Waals surface area (Å²) < 4.78 is 34.2. The maximum absolute atomic E-state index is 12.9. The summed E-state index contributed by atoms with van der Waals surface area (Å²) in [5.74, 6) is 0.333. The number of hydrogen-bond acceptors (Lipinski definition) is 5. The van der Waals surface area contributed by atoms with Gasteiger partial charge in [0.1, 0.15) is 4.90 Å². The van der Waals surface area contributed by atoms with Gasteiger partial charge in [0.15, 0.2) is 5.84 Å². The molecule has 2 unspecified atom stereocenters. The highest BCUT2D eigenvalue weighted by Crippen LogP contribution is 2.29. The Hall–Kier alpha value is -1.93. The van der Waals surface area contributed by atoms with E-state index in [1.165, 1.54) is 0 Å². The molecule has 0 N–H and O–H groups in total. The molecule has 2 atom stereocenters. The molecule has 8 heteroatoms. The topological polar surface area (TPSA) is 79.3 Å². The molecule has 1 amide bonds. The number of ether oxygens (including phenoxy) is 1. The highest BCUT2D eigenvalue weighted by atomic mass is 32.2. The Morgan fingerprint density at radius 3 is 2.92 bits per heavy atom. The predicted molar refractivity (Wildman–Crippen MR) is 96.5 cm³/mol. The van der Waals surface area contributed by atoms with Gasteiger partial charge in [0, 0.05) is 19.2 Å². The van der Waals surface area contributed by atoms with E-state index in [4.69, 9.17) is 4.74 Å². The number of benzene rings is 1. The Morgan fingerprint density at radius 1 is 1.31 bits per heavy atom. The molecule has 2 aliphatic heterocycles. The van der Waals surface area contributed by atoms with Crippen molar-refractivity contribution in [2.24, 2.45) is 4.40 Å². The third kappa shape index (κ3) is 3.01. The molecule has 1 aromatic carbocycles. The number of amidine groups is 1. The summed E-state index contributed by atoms with van der Waals surface area (Å²) in [6.45, 7) is 1.26. The van der Waals surface area contributed by atoms with Crippen molar-refractivity contribution in [1.82, 2.24) is 9.80 Å². The van der Waals surface area contributed by atoms with Crippen LogP contribution in [0.2, 0.25) is 0 Å². The van der Waals surface area contributed by atoms with Gasteiger partial charge >= 0.3 is 0 Å². The standard InChI is InChI=1S/C18H23N3O4S/c1-20(18-13-6-2-5-9-16(13)26(23,24)19-18)12-17(22)21-10-11-25-15-8-4-3-7-14(15)21/h2,5-6,9,14-15H,3-4,7-8,10-12H2,1H3. The summed E-state index contributed by atoms with van der Waals surface area (Å²) in [6.07, 6.45) is 4.37. The number of morpholine rings is 1. The van der Waals surface area contributed by atoms with Crippen molar-refractivity contribution in [1.29, 1.82) is 0 Å². The van der Waals surface area contributed by atoms with Crippen molar-refractivity contribution in [3.8, 4) is 0 Å². The van der Waals surface area contributed by atoms with E-state index in [1.807, 2.05) is 4.90 Å². The highest BCUT2D eigenvalue weighted by molar-refractivity contribution is 7.90. The lowest BCUT2D eigenvalue weighted by atomic mass is 9.90. The first-order valence-electron chi connectivity index (χ1n) is 9.04. The Labute approximate surface area is 153 Å². The number of nitrogens with zero attached hydrogens (tertiary/aromatic N) is 3. The summed E-state index contributed by atoms with van der Waals surface area (Å²) in [6, 6.07) is 6.87. The summed E-state index contributed by atoms with van der Waals surface area (Å²) in [5.41, 5.74) is 0.556. The molecule has 2 fully saturated rings. The minimum atomic E-state index is -3.68. The summed E-state index contributed by atoms with van der Waals surface area (Å²) in [4.78, 5) is 16.7. The number of carbonyl (C=O) groups is 1. The van der Waals surface area contributed by atoms with Gasteiger partial charge in [0.25, 0.3) is 10.0 Å². The molecule has 4 rings (SSSR count). The Balaban J connectivity index is 1.52. The lowest BCUT2D eigenvalue weighted by Gasteiger charge is -2.44. The summed E-state index contributed by atoms with van der Waals surface area (Å²) in [5, 5.41) is 0. The van der Waals surface area contributed by atoms with E-state index in [1.54, 1.807) is 36.2 Å². The van der Waals surface area contributed by atoms with E-state index >= 15 is 0 Å². The summed E-state index contributed by atoms with van der Waals surface area (Å²) >= 11 is 0.